The zero-order valence-corrected chi connectivity index (χ0v) is 16.3. The number of hydrogen-bond donors (Lipinski definition) is 1. The Morgan fingerprint density at radius 1 is 1.10 bits per heavy atom. The lowest BCUT2D eigenvalue weighted by Gasteiger charge is -2.07. The van der Waals surface area contributed by atoms with E-state index in [1.165, 1.54) is 12.3 Å². The predicted molar refractivity (Wildman–Crippen MR) is 106 cm³/mol. The zero-order valence-electron chi connectivity index (χ0n) is 16.3. The molecule has 0 fully saturated rings. The number of oxazole rings is 1. The van der Waals surface area contributed by atoms with Crippen molar-refractivity contribution in [3.05, 3.63) is 71.8 Å². The zero-order chi connectivity index (χ0) is 21.5. The molecule has 0 saturated heterocycles. The van der Waals surface area contributed by atoms with E-state index in [-0.39, 0.29) is 30.1 Å². The summed E-state index contributed by atoms with van der Waals surface area (Å²) in [5.74, 6) is -2.56. The average Bonchev–Trinajstić information content (AvgIpc) is 3.20. The smallest absolute Gasteiger partial charge is 0.306 e. The molecule has 3 aromatic rings. The molecule has 1 heterocycles. The van der Waals surface area contributed by atoms with Gasteiger partial charge in [0.25, 0.3) is 5.91 Å². The highest BCUT2D eigenvalue weighted by Gasteiger charge is 2.16. The molecule has 0 atom stereocenters. The number of carbonyl (C=O) groups excluding carboxylic acids is 2. The topological polar surface area (TPSA) is 81.4 Å². The molecule has 0 aliphatic heterocycles. The molecule has 2 aromatic carbocycles. The highest BCUT2D eigenvalue weighted by molar-refractivity contribution is 5.92. The van der Waals surface area contributed by atoms with Crippen LogP contribution in [0.25, 0.3) is 11.3 Å². The summed E-state index contributed by atoms with van der Waals surface area (Å²) in [6.07, 6.45) is 2.06. The molecule has 0 aliphatic rings. The van der Waals surface area contributed by atoms with Gasteiger partial charge in [0.1, 0.15) is 11.6 Å². The third kappa shape index (κ3) is 5.50. The number of benzene rings is 2. The Hall–Kier alpha value is -3.55. The third-order valence-corrected chi connectivity index (χ3v) is 4.32. The van der Waals surface area contributed by atoms with Gasteiger partial charge in [0, 0.05) is 12.1 Å². The predicted octanol–water partition coefficient (Wildman–Crippen LogP) is 4.30. The van der Waals surface area contributed by atoms with E-state index in [9.17, 15) is 18.4 Å². The Balaban J connectivity index is 1.46. The van der Waals surface area contributed by atoms with E-state index in [1.807, 2.05) is 19.1 Å². The van der Waals surface area contributed by atoms with Gasteiger partial charge in [0.2, 0.25) is 0 Å². The first-order valence-corrected chi connectivity index (χ1v) is 9.39. The largest absolute Gasteiger partial charge is 0.456 e. The molecule has 3 rings (SSSR count). The molecular formula is C22H20F2N2O4. The number of rotatable bonds is 8. The highest BCUT2D eigenvalue weighted by Crippen LogP contribution is 2.26. The molecule has 0 bridgehead atoms. The summed E-state index contributed by atoms with van der Waals surface area (Å²) in [5, 5.41) is 2.64. The minimum atomic E-state index is -0.771. The molecule has 1 amide bonds. The summed E-state index contributed by atoms with van der Waals surface area (Å²) in [7, 11) is 0. The molecule has 6 nitrogen and oxygen atoms in total. The molecule has 8 heteroatoms. The molecule has 0 aliphatic carbocycles. The van der Waals surface area contributed by atoms with Gasteiger partial charge in [-0.2, -0.15) is 0 Å². The van der Waals surface area contributed by atoms with Crippen LogP contribution in [0.5, 0.6) is 0 Å². The van der Waals surface area contributed by atoms with Crippen molar-refractivity contribution in [3.8, 4) is 11.3 Å². The Morgan fingerprint density at radius 3 is 2.47 bits per heavy atom. The quantitative estimate of drug-likeness (QED) is 0.556. The molecule has 1 aromatic heterocycles. The summed E-state index contributed by atoms with van der Waals surface area (Å²) in [5.41, 5.74) is 1.44. The van der Waals surface area contributed by atoms with Crippen LogP contribution in [-0.2, 0) is 27.2 Å². The summed E-state index contributed by atoms with van der Waals surface area (Å²) in [4.78, 5) is 27.7. The molecule has 0 saturated carbocycles. The fourth-order valence-electron chi connectivity index (χ4n) is 2.72. The van der Waals surface area contributed by atoms with Gasteiger partial charge in [-0.05, 0) is 36.2 Å². The number of hydrogen-bond acceptors (Lipinski definition) is 5. The fraction of sp³-hybridized carbons (Fsp3) is 0.227. The summed E-state index contributed by atoms with van der Waals surface area (Å²) >= 11 is 0. The number of ether oxygens (including phenoxy) is 1. The maximum absolute atomic E-state index is 13.8. The minimum Gasteiger partial charge on any atom is -0.456 e. The van der Waals surface area contributed by atoms with Crippen LogP contribution in [0.2, 0.25) is 0 Å². The third-order valence-electron chi connectivity index (χ3n) is 4.32. The number of halogens is 2. The minimum absolute atomic E-state index is 0.0645. The molecule has 0 unspecified atom stereocenters. The van der Waals surface area contributed by atoms with Gasteiger partial charge in [-0.25, -0.2) is 13.8 Å². The van der Waals surface area contributed by atoms with Crippen LogP contribution in [0.15, 0.2) is 53.1 Å². The number of aryl methyl sites for hydroxylation is 2. The summed E-state index contributed by atoms with van der Waals surface area (Å²) < 4.78 is 37.8. The van der Waals surface area contributed by atoms with Crippen LogP contribution in [0.1, 0.15) is 24.8 Å². The molecular weight excluding hydrogens is 394 g/mol. The van der Waals surface area contributed by atoms with Crippen molar-refractivity contribution < 1.29 is 27.5 Å². The second-order valence-corrected chi connectivity index (χ2v) is 6.47. The van der Waals surface area contributed by atoms with Gasteiger partial charge >= 0.3 is 5.97 Å². The van der Waals surface area contributed by atoms with Crippen molar-refractivity contribution in [2.45, 2.75) is 26.2 Å². The first kappa shape index (κ1) is 21.2. The number of aromatic nitrogens is 1. The Morgan fingerprint density at radius 2 is 1.80 bits per heavy atom. The van der Waals surface area contributed by atoms with Gasteiger partial charge in [-0.15, -0.1) is 0 Å². The molecule has 1 N–H and O–H groups in total. The van der Waals surface area contributed by atoms with Crippen LogP contribution in [0.3, 0.4) is 0 Å². The number of carbonyl (C=O) groups is 2. The standard InChI is InChI=1S/C22H20F2N2O4/c1-2-14-6-8-15(9-7-14)26-19(27)13-29-21(28)11-10-20-25-12-18(30-20)22-16(23)4-3-5-17(22)24/h3-9,12H,2,10-11,13H2,1H3,(H,26,27). The van der Waals surface area contributed by atoms with E-state index in [2.05, 4.69) is 10.3 Å². The average molecular weight is 414 g/mol. The van der Waals surface area contributed by atoms with Gasteiger partial charge in [0.05, 0.1) is 18.2 Å². The molecule has 0 radical (unpaired) electrons. The van der Waals surface area contributed by atoms with Gasteiger partial charge in [-0.3, -0.25) is 9.59 Å². The van der Waals surface area contributed by atoms with E-state index in [0.717, 1.165) is 24.1 Å². The lowest BCUT2D eigenvalue weighted by atomic mass is 10.1. The van der Waals surface area contributed by atoms with Gasteiger partial charge in [-0.1, -0.05) is 25.1 Å². The monoisotopic (exact) mass is 414 g/mol. The Labute approximate surface area is 171 Å². The lowest BCUT2D eigenvalue weighted by Crippen LogP contribution is -2.21. The number of nitrogens with zero attached hydrogens (tertiary/aromatic N) is 1. The van der Waals surface area contributed by atoms with Crippen molar-refractivity contribution in [1.82, 2.24) is 4.98 Å². The van der Waals surface area contributed by atoms with Gasteiger partial charge in [0.15, 0.2) is 18.3 Å². The Kier molecular flexibility index (Phi) is 6.90. The SMILES string of the molecule is CCc1ccc(NC(=O)COC(=O)CCc2ncc(-c3c(F)cccc3F)o2)cc1. The first-order chi connectivity index (χ1) is 14.5. The second-order valence-electron chi connectivity index (χ2n) is 6.47. The number of amides is 1. The first-order valence-electron chi connectivity index (χ1n) is 9.39. The maximum atomic E-state index is 13.8. The van der Waals surface area contributed by atoms with E-state index in [1.54, 1.807) is 12.1 Å². The van der Waals surface area contributed by atoms with E-state index >= 15 is 0 Å². The van der Waals surface area contributed by atoms with Crippen LogP contribution in [-0.4, -0.2) is 23.5 Å². The van der Waals surface area contributed by atoms with Crippen molar-refractivity contribution >= 4 is 17.6 Å². The van der Waals surface area contributed by atoms with Crippen LogP contribution in [0, 0.1) is 11.6 Å². The van der Waals surface area contributed by atoms with E-state index < -0.39 is 30.1 Å². The number of nitrogens with one attached hydrogen (secondary N) is 1. The lowest BCUT2D eigenvalue weighted by molar-refractivity contribution is -0.147. The number of esters is 1. The number of anilines is 1. The maximum Gasteiger partial charge on any atom is 0.306 e. The second kappa shape index (κ2) is 9.78. The van der Waals surface area contributed by atoms with Crippen molar-refractivity contribution in [1.29, 1.82) is 0 Å². The highest BCUT2D eigenvalue weighted by atomic mass is 19.1. The van der Waals surface area contributed by atoms with E-state index in [0.29, 0.717) is 5.69 Å². The summed E-state index contributed by atoms with van der Waals surface area (Å²) in [6.45, 7) is 1.61. The Bertz CT molecular complexity index is 1010. The molecule has 156 valence electrons. The van der Waals surface area contributed by atoms with Crippen LogP contribution < -0.4 is 5.32 Å². The van der Waals surface area contributed by atoms with Crippen molar-refractivity contribution in [2.75, 3.05) is 11.9 Å². The normalized spacial score (nSPS) is 10.6. The molecule has 0 spiro atoms. The van der Waals surface area contributed by atoms with Crippen molar-refractivity contribution in [2.24, 2.45) is 0 Å². The summed E-state index contributed by atoms with van der Waals surface area (Å²) in [6, 6.07) is 10.8. The van der Waals surface area contributed by atoms with Crippen LogP contribution in [0.4, 0.5) is 14.5 Å². The van der Waals surface area contributed by atoms with Crippen molar-refractivity contribution in [3.63, 3.8) is 0 Å². The van der Waals surface area contributed by atoms with Gasteiger partial charge < -0.3 is 14.5 Å². The molecule has 30 heavy (non-hydrogen) atoms. The van der Waals surface area contributed by atoms with E-state index in [4.69, 9.17) is 9.15 Å². The fourth-order valence-corrected chi connectivity index (χ4v) is 2.72. The van der Waals surface area contributed by atoms with Crippen LogP contribution >= 0.6 is 0 Å².